The minimum atomic E-state index is 0.463. The van der Waals surface area contributed by atoms with Crippen LogP contribution in [0, 0.1) is 5.92 Å². The van der Waals surface area contributed by atoms with Crippen molar-refractivity contribution in [2.24, 2.45) is 5.92 Å². The van der Waals surface area contributed by atoms with Crippen molar-refractivity contribution in [1.29, 1.82) is 0 Å². The number of hydrogen-bond donors (Lipinski definition) is 1. The molecule has 2 aliphatic heterocycles. The van der Waals surface area contributed by atoms with Crippen LogP contribution in [0.4, 0.5) is 0 Å². The van der Waals surface area contributed by atoms with Crippen LogP contribution in [-0.4, -0.2) is 42.3 Å². The molecule has 5 rings (SSSR count). The van der Waals surface area contributed by atoms with E-state index in [0.717, 1.165) is 43.6 Å². The molecule has 0 amide bonds. The van der Waals surface area contributed by atoms with Crippen molar-refractivity contribution >= 4 is 0 Å². The van der Waals surface area contributed by atoms with E-state index >= 15 is 0 Å². The van der Waals surface area contributed by atoms with Crippen LogP contribution in [0.25, 0.3) is 0 Å². The van der Waals surface area contributed by atoms with Gasteiger partial charge in [-0.05, 0) is 48.4 Å². The van der Waals surface area contributed by atoms with Crippen molar-refractivity contribution in [2.45, 2.75) is 71.1 Å². The molecule has 1 saturated carbocycles. The van der Waals surface area contributed by atoms with Crippen LogP contribution >= 0.6 is 0 Å². The summed E-state index contributed by atoms with van der Waals surface area (Å²) in [7, 11) is 0. The number of rotatable bonds is 10. The van der Waals surface area contributed by atoms with Crippen molar-refractivity contribution < 1.29 is 9.47 Å². The Morgan fingerprint density at radius 3 is 2.46 bits per heavy atom. The zero-order valence-corrected chi connectivity index (χ0v) is 21.3. The number of ether oxygens (including phenoxy) is 2. The van der Waals surface area contributed by atoms with Gasteiger partial charge in [0.15, 0.2) is 11.5 Å². The molecule has 1 aliphatic carbocycles. The predicted molar refractivity (Wildman–Crippen MR) is 141 cm³/mol. The van der Waals surface area contributed by atoms with E-state index < -0.39 is 0 Å². The maximum Gasteiger partial charge on any atom is 0.161 e. The fourth-order valence-corrected chi connectivity index (χ4v) is 5.80. The van der Waals surface area contributed by atoms with Crippen molar-refractivity contribution in [3.63, 3.8) is 0 Å². The predicted octanol–water partition coefficient (Wildman–Crippen LogP) is 5.91. The van der Waals surface area contributed by atoms with Crippen molar-refractivity contribution in [3.8, 4) is 11.5 Å². The van der Waals surface area contributed by atoms with E-state index in [2.05, 4.69) is 76.8 Å². The lowest BCUT2D eigenvalue weighted by molar-refractivity contribution is 0.137. The number of fused-ring (bicyclic) bond motifs is 1. The summed E-state index contributed by atoms with van der Waals surface area (Å²) in [5.74, 6) is 2.49. The second-order valence-electron chi connectivity index (χ2n) is 10.3. The first-order valence-corrected chi connectivity index (χ1v) is 13.7. The second-order valence-corrected chi connectivity index (χ2v) is 10.3. The molecule has 1 fully saturated rings. The highest BCUT2D eigenvalue weighted by molar-refractivity contribution is 5.43. The Bertz CT molecular complexity index is 971. The molecule has 0 bridgehead atoms. The third-order valence-corrected chi connectivity index (χ3v) is 7.62. The fraction of sp³-hybridized carbons (Fsp3) is 0.533. The Morgan fingerprint density at radius 1 is 0.886 bits per heavy atom. The Labute approximate surface area is 211 Å². The summed E-state index contributed by atoms with van der Waals surface area (Å²) in [6, 6.07) is 17.3. The molecule has 35 heavy (non-hydrogen) atoms. The van der Waals surface area contributed by atoms with Crippen LogP contribution in [0.5, 0.6) is 11.5 Å². The molecule has 2 aromatic carbocycles. The SMILES string of the molecule is CCCCN1C(CN(Cc2ccccc2)Cc2ccc3c(c2)OCCO3)=CNC1C1CCCCC1. The summed E-state index contributed by atoms with van der Waals surface area (Å²) in [5.41, 5.74) is 4.05. The molecule has 2 heterocycles. The van der Waals surface area contributed by atoms with E-state index in [1.165, 1.54) is 61.8 Å². The Kier molecular flexibility index (Phi) is 8.14. The lowest BCUT2D eigenvalue weighted by atomic mass is 9.86. The first-order valence-electron chi connectivity index (χ1n) is 13.7. The van der Waals surface area contributed by atoms with Gasteiger partial charge in [0.1, 0.15) is 19.4 Å². The minimum absolute atomic E-state index is 0.463. The first-order chi connectivity index (χ1) is 17.3. The van der Waals surface area contributed by atoms with Crippen molar-refractivity contribution in [1.82, 2.24) is 15.1 Å². The van der Waals surface area contributed by atoms with Gasteiger partial charge < -0.3 is 19.7 Å². The summed E-state index contributed by atoms with van der Waals surface area (Å²) >= 11 is 0. The van der Waals surface area contributed by atoms with E-state index in [1.807, 2.05) is 0 Å². The standard InChI is InChI=1S/C30H41N3O2/c1-2-3-16-33-27(20-31-30(33)26-12-8-5-9-13-26)23-32(21-24-10-6-4-7-11-24)22-25-14-15-28-29(19-25)35-18-17-34-28/h4,6-7,10-11,14-15,19-20,26,30-31H,2-3,5,8-9,12-13,16-18,21-23H2,1H3. The third kappa shape index (κ3) is 6.13. The average molecular weight is 476 g/mol. The molecule has 0 saturated heterocycles. The topological polar surface area (TPSA) is 37.0 Å². The average Bonchev–Trinajstić information content (AvgIpc) is 3.30. The van der Waals surface area contributed by atoms with E-state index in [-0.39, 0.29) is 0 Å². The number of hydrogen-bond acceptors (Lipinski definition) is 5. The molecule has 2 aromatic rings. The van der Waals surface area contributed by atoms with Gasteiger partial charge >= 0.3 is 0 Å². The molecule has 0 spiro atoms. The van der Waals surface area contributed by atoms with E-state index in [9.17, 15) is 0 Å². The smallest absolute Gasteiger partial charge is 0.161 e. The summed E-state index contributed by atoms with van der Waals surface area (Å²) in [5, 5.41) is 3.81. The van der Waals surface area contributed by atoms with Crippen LogP contribution in [0.1, 0.15) is 63.0 Å². The summed E-state index contributed by atoms with van der Waals surface area (Å²) < 4.78 is 11.6. The van der Waals surface area contributed by atoms with Gasteiger partial charge in [-0.3, -0.25) is 4.90 Å². The lowest BCUT2D eigenvalue weighted by Gasteiger charge is -2.38. The van der Waals surface area contributed by atoms with Gasteiger partial charge in [0.2, 0.25) is 0 Å². The van der Waals surface area contributed by atoms with Crippen LogP contribution < -0.4 is 14.8 Å². The number of nitrogens with zero attached hydrogens (tertiary/aromatic N) is 2. The van der Waals surface area contributed by atoms with Crippen LogP contribution in [0.3, 0.4) is 0 Å². The van der Waals surface area contributed by atoms with Gasteiger partial charge in [-0.2, -0.15) is 0 Å². The summed E-state index contributed by atoms with van der Waals surface area (Å²) in [6.07, 6.45) is 12.1. The normalized spacial score (nSPS) is 20.1. The molecule has 1 atom stereocenters. The third-order valence-electron chi connectivity index (χ3n) is 7.62. The highest BCUT2D eigenvalue weighted by Crippen LogP contribution is 2.34. The van der Waals surface area contributed by atoms with Crippen molar-refractivity contribution in [3.05, 3.63) is 71.6 Å². The van der Waals surface area contributed by atoms with Crippen molar-refractivity contribution in [2.75, 3.05) is 26.3 Å². The van der Waals surface area contributed by atoms with Gasteiger partial charge in [-0.25, -0.2) is 0 Å². The monoisotopic (exact) mass is 475 g/mol. The Morgan fingerprint density at radius 2 is 1.66 bits per heavy atom. The molecular formula is C30H41N3O2. The molecule has 1 unspecified atom stereocenters. The molecule has 0 radical (unpaired) electrons. The molecule has 0 aromatic heterocycles. The Balaban J connectivity index is 1.33. The van der Waals surface area contributed by atoms with E-state index in [1.54, 1.807) is 0 Å². The second kappa shape index (κ2) is 11.9. The van der Waals surface area contributed by atoms with Gasteiger partial charge in [0, 0.05) is 38.1 Å². The molecule has 1 N–H and O–H groups in total. The number of nitrogens with one attached hydrogen (secondary N) is 1. The van der Waals surface area contributed by atoms with Gasteiger partial charge in [-0.1, -0.05) is 69.0 Å². The lowest BCUT2D eigenvalue weighted by Crippen LogP contribution is -2.45. The maximum atomic E-state index is 5.87. The quantitative estimate of drug-likeness (QED) is 0.462. The molecule has 3 aliphatic rings. The molecular weight excluding hydrogens is 434 g/mol. The summed E-state index contributed by atoms with van der Waals surface area (Å²) in [6.45, 7) is 7.41. The molecule has 5 nitrogen and oxygen atoms in total. The van der Waals surface area contributed by atoms with Gasteiger partial charge in [0.05, 0.1) is 0 Å². The van der Waals surface area contributed by atoms with Gasteiger partial charge in [0.25, 0.3) is 0 Å². The Hall–Kier alpha value is -2.66. The largest absolute Gasteiger partial charge is 0.486 e. The van der Waals surface area contributed by atoms with Crippen LogP contribution in [0.2, 0.25) is 0 Å². The minimum Gasteiger partial charge on any atom is -0.486 e. The number of unbranched alkanes of at least 4 members (excludes halogenated alkanes) is 1. The van der Waals surface area contributed by atoms with E-state index in [0.29, 0.717) is 19.4 Å². The molecule has 188 valence electrons. The fourth-order valence-electron chi connectivity index (χ4n) is 5.80. The molecule has 5 heteroatoms. The highest BCUT2D eigenvalue weighted by atomic mass is 16.6. The highest BCUT2D eigenvalue weighted by Gasteiger charge is 2.33. The van der Waals surface area contributed by atoms with Gasteiger partial charge in [-0.15, -0.1) is 0 Å². The number of benzene rings is 2. The maximum absolute atomic E-state index is 5.87. The van der Waals surface area contributed by atoms with Crippen LogP contribution in [0.15, 0.2) is 60.4 Å². The first kappa shape index (κ1) is 24.1. The zero-order valence-electron chi connectivity index (χ0n) is 21.3. The van der Waals surface area contributed by atoms with E-state index in [4.69, 9.17) is 9.47 Å². The summed E-state index contributed by atoms with van der Waals surface area (Å²) in [4.78, 5) is 5.26. The van der Waals surface area contributed by atoms with Crippen LogP contribution in [-0.2, 0) is 13.1 Å². The zero-order chi connectivity index (χ0) is 23.9.